The van der Waals surface area contributed by atoms with E-state index in [1.807, 2.05) is 62.5 Å². The predicted molar refractivity (Wildman–Crippen MR) is 153 cm³/mol. The molecule has 0 N–H and O–H groups in total. The first kappa shape index (κ1) is 26.4. The average molecular weight is 550 g/mol. The number of aliphatic imine (C=N–C) groups is 1. The van der Waals surface area contributed by atoms with Gasteiger partial charge in [-0.15, -0.1) is 0 Å². The number of hydrogen-bond donors (Lipinski definition) is 0. The molecule has 1 aromatic heterocycles. The van der Waals surface area contributed by atoms with Crippen molar-refractivity contribution in [3.8, 4) is 16.9 Å². The van der Waals surface area contributed by atoms with Crippen molar-refractivity contribution < 1.29 is 13.2 Å². The molecule has 1 saturated heterocycles. The van der Waals surface area contributed by atoms with Crippen molar-refractivity contribution in [3.63, 3.8) is 0 Å². The number of piperidine rings is 1. The lowest BCUT2D eigenvalue weighted by Gasteiger charge is -2.27. The van der Waals surface area contributed by atoms with E-state index < -0.39 is 10.0 Å². The Morgan fingerprint density at radius 2 is 1.74 bits per heavy atom. The number of para-hydroxylation sites is 1. The Morgan fingerprint density at radius 3 is 2.45 bits per heavy atom. The number of amides is 1. The number of sulfonamides is 1. The summed E-state index contributed by atoms with van der Waals surface area (Å²) in [5, 5.41) is 5.59. The van der Waals surface area contributed by atoms with Crippen molar-refractivity contribution in [1.82, 2.24) is 19.0 Å². The van der Waals surface area contributed by atoms with E-state index in [0.717, 1.165) is 42.3 Å². The summed E-state index contributed by atoms with van der Waals surface area (Å²) in [5.74, 6) is -0.258. The zero-order chi connectivity index (χ0) is 26.7. The van der Waals surface area contributed by atoms with E-state index in [-0.39, 0.29) is 10.8 Å². The van der Waals surface area contributed by atoms with E-state index in [0.29, 0.717) is 29.3 Å². The van der Waals surface area contributed by atoms with E-state index in [1.54, 1.807) is 22.9 Å². The van der Waals surface area contributed by atoms with Gasteiger partial charge in [0, 0.05) is 43.5 Å². The summed E-state index contributed by atoms with van der Waals surface area (Å²) in [6.45, 7) is 6.26. The molecule has 0 bridgehead atoms. The van der Waals surface area contributed by atoms with Gasteiger partial charge in [0.2, 0.25) is 10.0 Å². The number of aromatic nitrogens is 2. The average Bonchev–Trinajstić information content (AvgIpc) is 3.54. The third-order valence-electron chi connectivity index (χ3n) is 6.74. The number of hydrogen-bond acceptors (Lipinski definition) is 6. The summed E-state index contributed by atoms with van der Waals surface area (Å²) >= 11 is 1.39. The maximum absolute atomic E-state index is 13.2. The third kappa shape index (κ3) is 5.34. The lowest BCUT2D eigenvalue weighted by Crippen LogP contribution is -2.33. The molecule has 0 spiro atoms. The van der Waals surface area contributed by atoms with Crippen molar-refractivity contribution in [2.24, 2.45) is 4.99 Å². The fourth-order valence-electron chi connectivity index (χ4n) is 4.71. The highest BCUT2D eigenvalue weighted by Crippen LogP contribution is 2.34. The zero-order valence-electron chi connectivity index (χ0n) is 21.6. The third-order valence-corrected chi connectivity index (χ3v) is 9.83. The Balaban J connectivity index is 1.55. The second-order valence-electron chi connectivity index (χ2n) is 9.19. The van der Waals surface area contributed by atoms with Crippen LogP contribution in [-0.4, -0.2) is 64.7 Å². The molecule has 0 aliphatic carbocycles. The van der Waals surface area contributed by atoms with Gasteiger partial charge < -0.3 is 4.90 Å². The first-order valence-corrected chi connectivity index (χ1v) is 15.2. The Hall–Kier alpha value is -3.21. The topological polar surface area (TPSA) is 87.9 Å². The standard InChI is InChI=1S/C28H31N5O3S2/c1-3-32(4-2)38(35,36)24-15-11-12-21(18-24)26-22(20-33(30-26)23-13-7-5-8-14-23)19-25-27(34)29-28(37-25)31-16-9-6-10-17-31/h5,7-8,11-15,18-20H,3-4,6,9-10,16-17H2,1-2H3. The largest absolute Gasteiger partial charge is 0.351 e. The van der Waals surface area contributed by atoms with Crippen molar-refractivity contribution >= 4 is 38.9 Å². The highest BCUT2D eigenvalue weighted by atomic mass is 32.2. The summed E-state index contributed by atoms with van der Waals surface area (Å²) in [6, 6.07) is 16.5. The molecule has 2 aromatic carbocycles. The molecule has 1 fully saturated rings. The number of likely N-dealkylation sites (tertiary alicyclic amines) is 1. The molecule has 0 unspecified atom stereocenters. The minimum absolute atomic E-state index is 0.216. The quantitative estimate of drug-likeness (QED) is 0.385. The molecule has 3 heterocycles. The monoisotopic (exact) mass is 549 g/mol. The van der Waals surface area contributed by atoms with Gasteiger partial charge in [-0.2, -0.15) is 14.4 Å². The number of rotatable bonds is 7. The van der Waals surface area contributed by atoms with E-state index in [1.165, 1.54) is 22.5 Å². The highest BCUT2D eigenvalue weighted by Gasteiger charge is 2.28. The summed E-state index contributed by atoms with van der Waals surface area (Å²) in [5.41, 5.74) is 2.84. The van der Waals surface area contributed by atoms with E-state index in [2.05, 4.69) is 9.89 Å². The van der Waals surface area contributed by atoms with Gasteiger partial charge in [-0.05, 0) is 61.4 Å². The number of thioether (sulfide) groups is 1. The summed E-state index contributed by atoms with van der Waals surface area (Å²) in [4.78, 5) is 20.1. The minimum atomic E-state index is -3.64. The molecule has 0 radical (unpaired) electrons. The van der Waals surface area contributed by atoms with Crippen LogP contribution in [-0.2, 0) is 14.8 Å². The van der Waals surface area contributed by atoms with Gasteiger partial charge in [-0.25, -0.2) is 13.1 Å². The normalized spacial score (nSPS) is 17.4. The molecule has 0 saturated carbocycles. The molecule has 8 nitrogen and oxygen atoms in total. The minimum Gasteiger partial charge on any atom is -0.351 e. The first-order chi connectivity index (χ1) is 18.4. The molecular formula is C28H31N5O3S2. The van der Waals surface area contributed by atoms with Gasteiger partial charge in [0.15, 0.2) is 5.17 Å². The molecule has 2 aliphatic rings. The number of amidine groups is 1. The van der Waals surface area contributed by atoms with Gasteiger partial charge in [-0.3, -0.25) is 4.79 Å². The fraction of sp³-hybridized carbons (Fsp3) is 0.321. The summed E-state index contributed by atoms with van der Waals surface area (Å²) in [6.07, 6.45) is 7.11. The fourth-order valence-corrected chi connectivity index (χ4v) is 7.17. The van der Waals surface area contributed by atoms with Crippen LogP contribution >= 0.6 is 11.8 Å². The molecule has 198 valence electrons. The lowest BCUT2D eigenvalue weighted by atomic mass is 10.1. The summed E-state index contributed by atoms with van der Waals surface area (Å²) < 4.78 is 29.6. The van der Waals surface area contributed by atoms with Crippen LogP contribution in [0.3, 0.4) is 0 Å². The van der Waals surface area contributed by atoms with Crippen LogP contribution in [0.25, 0.3) is 23.0 Å². The molecule has 2 aliphatic heterocycles. The molecule has 10 heteroatoms. The second-order valence-corrected chi connectivity index (χ2v) is 12.1. The smallest absolute Gasteiger partial charge is 0.286 e. The lowest BCUT2D eigenvalue weighted by molar-refractivity contribution is -0.113. The van der Waals surface area contributed by atoms with Crippen LogP contribution in [0.15, 0.2) is 75.6 Å². The number of nitrogens with zero attached hydrogens (tertiary/aromatic N) is 5. The second kappa shape index (κ2) is 11.3. The van der Waals surface area contributed by atoms with Gasteiger partial charge in [0.25, 0.3) is 5.91 Å². The van der Waals surface area contributed by atoms with Crippen LogP contribution in [0.5, 0.6) is 0 Å². The van der Waals surface area contributed by atoms with Crippen LogP contribution in [0.1, 0.15) is 38.7 Å². The van der Waals surface area contributed by atoms with Crippen LogP contribution < -0.4 is 0 Å². The van der Waals surface area contributed by atoms with E-state index in [9.17, 15) is 13.2 Å². The van der Waals surface area contributed by atoms with Gasteiger partial charge in [0.05, 0.1) is 15.5 Å². The van der Waals surface area contributed by atoms with Crippen molar-refractivity contribution in [3.05, 3.63) is 71.3 Å². The Kier molecular flexibility index (Phi) is 7.83. The van der Waals surface area contributed by atoms with E-state index >= 15 is 0 Å². The van der Waals surface area contributed by atoms with Gasteiger partial charge in [0.1, 0.15) is 5.69 Å². The molecule has 5 rings (SSSR count). The van der Waals surface area contributed by atoms with Crippen LogP contribution in [0.4, 0.5) is 0 Å². The number of carbonyl (C=O) groups is 1. The van der Waals surface area contributed by atoms with Crippen molar-refractivity contribution in [2.45, 2.75) is 38.0 Å². The number of benzene rings is 2. The summed E-state index contributed by atoms with van der Waals surface area (Å²) in [7, 11) is -3.64. The molecule has 3 aromatic rings. The number of carbonyl (C=O) groups excluding carboxylic acids is 1. The predicted octanol–water partition coefficient (Wildman–Crippen LogP) is 5.03. The zero-order valence-corrected chi connectivity index (χ0v) is 23.2. The maximum atomic E-state index is 13.2. The first-order valence-electron chi connectivity index (χ1n) is 12.9. The maximum Gasteiger partial charge on any atom is 0.286 e. The van der Waals surface area contributed by atoms with Gasteiger partial charge >= 0.3 is 0 Å². The Morgan fingerprint density at radius 1 is 1.00 bits per heavy atom. The Bertz CT molecular complexity index is 1490. The molecule has 38 heavy (non-hydrogen) atoms. The van der Waals surface area contributed by atoms with E-state index in [4.69, 9.17) is 5.10 Å². The molecular weight excluding hydrogens is 518 g/mol. The highest BCUT2D eigenvalue weighted by molar-refractivity contribution is 8.18. The van der Waals surface area contributed by atoms with Crippen LogP contribution in [0.2, 0.25) is 0 Å². The SMILES string of the molecule is CCN(CC)S(=O)(=O)c1cccc(-c2nn(-c3ccccc3)cc2C=C2SC(N3CCCCC3)=NC2=O)c1. The van der Waals surface area contributed by atoms with Crippen molar-refractivity contribution in [1.29, 1.82) is 0 Å². The Labute approximate surface area is 228 Å². The van der Waals surface area contributed by atoms with Crippen LogP contribution in [0, 0.1) is 0 Å². The van der Waals surface area contributed by atoms with Crippen molar-refractivity contribution in [2.75, 3.05) is 26.2 Å². The molecule has 0 atom stereocenters. The molecule has 1 amide bonds. The van der Waals surface area contributed by atoms with Gasteiger partial charge in [-0.1, -0.05) is 44.2 Å².